The fourth-order valence-electron chi connectivity index (χ4n) is 2.05. The molecule has 1 fully saturated rings. The molecule has 1 aromatic carbocycles. The lowest BCUT2D eigenvalue weighted by atomic mass is 10.2. The van der Waals surface area contributed by atoms with Gasteiger partial charge >= 0.3 is 0 Å². The van der Waals surface area contributed by atoms with E-state index in [1.165, 1.54) is 12.5 Å². The molecule has 0 amide bonds. The Balaban J connectivity index is 1.96. The number of halogens is 1. The maximum absolute atomic E-state index is 13.3. The van der Waals surface area contributed by atoms with Gasteiger partial charge in [-0.25, -0.2) is 4.39 Å². The highest BCUT2D eigenvalue weighted by Crippen LogP contribution is 2.27. The highest BCUT2D eigenvalue weighted by molar-refractivity contribution is 7.99. The summed E-state index contributed by atoms with van der Waals surface area (Å²) in [5, 5.41) is 3.25. The normalized spacial score (nSPS) is 19.3. The fourth-order valence-corrected chi connectivity index (χ4v) is 3.15. The molecular weight excluding hydrogens is 249 g/mol. The van der Waals surface area contributed by atoms with Crippen molar-refractivity contribution in [1.82, 2.24) is 5.32 Å². The molecule has 1 unspecified atom stereocenters. The highest BCUT2D eigenvalue weighted by Gasteiger charge is 2.16. The zero-order valence-electron chi connectivity index (χ0n) is 10.7. The quantitative estimate of drug-likeness (QED) is 0.801. The molecule has 0 radical (unpaired) electrons. The van der Waals surface area contributed by atoms with E-state index in [0.717, 1.165) is 42.3 Å². The number of nitrogens with one attached hydrogen (secondary N) is 1. The molecule has 0 aromatic heterocycles. The maximum atomic E-state index is 13.3. The summed E-state index contributed by atoms with van der Waals surface area (Å²) in [6, 6.07) is 5.04. The maximum Gasteiger partial charge on any atom is 0.123 e. The fraction of sp³-hybridized carbons (Fsp3) is 0.571. The molecule has 0 saturated carbocycles. The number of hydrogen-bond donors (Lipinski definition) is 1. The van der Waals surface area contributed by atoms with Gasteiger partial charge in [0.25, 0.3) is 0 Å². The van der Waals surface area contributed by atoms with Crippen LogP contribution in [-0.4, -0.2) is 25.0 Å². The molecule has 2 nitrogen and oxygen atoms in total. The molecule has 18 heavy (non-hydrogen) atoms. The van der Waals surface area contributed by atoms with Crippen LogP contribution in [0.2, 0.25) is 0 Å². The minimum atomic E-state index is -0.163. The molecular formula is C14H20FNOS. The van der Waals surface area contributed by atoms with Crippen LogP contribution in [0.1, 0.15) is 25.3 Å². The molecule has 1 heterocycles. The number of ether oxygens (including phenoxy) is 1. The van der Waals surface area contributed by atoms with Crippen LogP contribution in [0.3, 0.4) is 0 Å². The summed E-state index contributed by atoms with van der Waals surface area (Å²) in [5.74, 6) is 0.800. The van der Waals surface area contributed by atoms with E-state index < -0.39 is 0 Å². The zero-order valence-corrected chi connectivity index (χ0v) is 11.6. The van der Waals surface area contributed by atoms with Gasteiger partial charge in [-0.15, -0.1) is 11.8 Å². The van der Waals surface area contributed by atoms with E-state index in [4.69, 9.17) is 4.74 Å². The zero-order chi connectivity index (χ0) is 12.8. The van der Waals surface area contributed by atoms with Gasteiger partial charge in [0.15, 0.2) is 0 Å². The van der Waals surface area contributed by atoms with E-state index in [2.05, 4.69) is 12.2 Å². The molecule has 4 heteroatoms. The third-order valence-corrected chi connectivity index (χ3v) is 4.28. The Morgan fingerprint density at radius 2 is 2.39 bits per heavy atom. The summed E-state index contributed by atoms with van der Waals surface area (Å²) in [4.78, 5) is 1.16. The first-order valence-electron chi connectivity index (χ1n) is 6.53. The SMILES string of the molecule is CCNCc1cc(F)ccc1SCC1CCCO1. The average Bonchev–Trinajstić information content (AvgIpc) is 2.88. The van der Waals surface area contributed by atoms with Crippen LogP contribution in [0, 0.1) is 5.82 Å². The number of thioether (sulfide) groups is 1. The summed E-state index contributed by atoms with van der Waals surface area (Å²) in [6.07, 6.45) is 2.68. The van der Waals surface area contributed by atoms with Crippen molar-refractivity contribution in [3.63, 3.8) is 0 Å². The van der Waals surface area contributed by atoms with Crippen molar-refractivity contribution in [2.75, 3.05) is 18.9 Å². The van der Waals surface area contributed by atoms with Crippen molar-refractivity contribution < 1.29 is 9.13 Å². The minimum absolute atomic E-state index is 0.163. The van der Waals surface area contributed by atoms with Crippen molar-refractivity contribution in [3.8, 4) is 0 Å². The van der Waals surface area contributed by atoms with Crippen LogP contribution in [0.5, 0.6) is 0 Å². The lowest BCUT2D eigenvalue weighted by molar-refractivity contribution is 0.129. The molecule has 100 valence electrons. The van der Waals surface area contributed by atoms with Crippen LogP contribution in [0.25, 0.3) is 0 Å². The van der Waals surface area contributed by atoms with Crippen molar-refractivity contribution in [1.29, 1.82) is 0 Å². The predicted molar refractivity (Wildman–Crippen MR) is 73.5 cm³/mol. The Hall–Kier alpha value is -0.580. The molecule has 0 spiro atoms. The van der Waals surface area contributed by atoms with Crippen LogP contribution in [-0.2, 0) is 11.3 Å². The Labute approximate surface area is 112 Å². The van der Waals surface area contributed by atoms with Crippen molar-refractivity contribution >= 4 is 11.8 Å². The van der Waals surface area contributed by atoms with Crippen molar-refractivity contribution in [2.45, 2.75) is 37.3 Å². The lowest BCUT2D eigenvalue weighted by Crippen LogP contribution is -2.13. The average molecular weight is 269 g/mol. The Bertz CT molecular complexity index is 380. The molecule has 1 aromatic rings. The van der Waals surface area contributed by atoms with Gasteiger partial charge in [0.1, 0.15) is 5.82 Å². The molecule has 1 aliphatic heterocycles. The van der Waals surface area contributed by atoms with Gasteiger partial charge in [-0.2, -0.15) is 0 Å². The Morgan fingerprint density at radius 3 is 3.11 bits per heavy atom. The molecule has 1 N–H and O–H groups in total. The summed E-state index contributed by atoms with van der Waals surface area (Å²) in [7, 11) is 0. The van der Waals surface area contributed by atoms with E-state index in [1.54, 1.807) is 17.8 Å². The van der Waals surface area contributed by atoms with Crippen molar-refractivity contribution in [3.05, 3.63) is 29.6 Å². The van der Waals surface area contributed by atoms with Gasteiger partial charge in [-0.05, 0) is 43.1 Å². The summed E-state index contributed by atoms with van der Waals surface area (Å²) >= 11 is 1.77. The van der Waals surface area contributed by atoms with E-state index >= 15 is 0 Å². The summed E-state index contributed by atoms with van der Waals surface area (Å²) in [6.45, 7) is 4.56. The molecule has 1 aliphatic rings. The van der Waals surface area contributed by atoms with Gasteiger partial charge in [-0.1, -0.05) is 6.92 Å². The van der Waals surface area contributed by atoms with Crippen molar-refractivity contribution in [2.24, 2.45) is 0 Å². The molecule has 0 aliphatic carbocycles. The predicted octanol–water partition coefficient (Wildman–Crippen LogP) is 3.21. The van der Waals surface area contributed by atoms with Gasteiger partial charge in [0, 0.05) is 23.8 Å². The number of benzene rings is 1. The van der Waals surface area contributed by atoms with Crippen LogP contribution in [0.4, 0.5) is 4.39 Å². The van der Waals surface area contributed by atoms with E-state index in [1.807, 2.05) is 6.07 Å². The molecule has 1 saturated heterocycles. The van der Waals surface area contributed by atoms with E-state index in [0.29, 0.717) is 6.10 Å². The third-order valence-electron chi connectivity index (χ3n) is 3.04. The Morgan fingerprint density at radius 1 is 1.50 bits per heavy atom. The second-order valence-electron chi connectivity index (χ2n) is 4.48. The second kappa shape index (κ2) is 7.12. The largest absolute Gasteiger partial charge is 0.377 e. The number of rotatable bonds is 6. The van der Waals surface area contributed by atoms with E-state index in [9.17, 15) is 4.39 Å². The lowest BCUT2D eigenvalue weighted by Gasteiger charge is -2.12. The standard InChI is InChI=1S/C14H20FNOS/c1-2-16-9-11-8-12(15)5-6-14(11)18-10-13-4-3-7-17-13/h5-6,8,13,16H,2-4,7,9-10H2,1H3. The first-order valence-corrected chi connectivity index (χ1v) is 7.51. The van der Waals surface area contributed by atoms with Crippen LogP contribution < -0.4 is 5.32 Å². The Kier molecular flexibility index (Phi) is 5.47. The van der Waals surface area contributed by atoms with Crippen LogP contribution >= 0.6 is 11.8 Å². The molecule has 1 atom stereocenters. The summed E-state index contributed by atoms with van der Waals surface area (Å²) in [5.41, 5.74) is 1.04. The van der Waals surface area contributed by atoms with Crippen LogP contribution in [0.15, 0.2) is 23.1 Å². The van der Waals surface area contributed by atoms with E-state index in [-0.39, 0.29) is 5.82 Å². The van der Waals surface area contributed by atoms with Gasteiger partial charge in [0.05, 0.1) is 6.10 Å². The van der Waals surface area contributed by atoms with Gasteiger partial charge < -0.3 is 10.1 Å². The topological polar surface area (TPSA) is 21.3 Å². The molecule has 0 bridgehead atoms. The second-order valence-corrected chi connectivity index (χ2v) is 5.54. The molecule has 2 rings (SSSR count). The summed E-state index contributed by atoms with van der Waals surface area (Å²) < 4.78 is 18.9. The smallest absolute Gasteiger partial charge is 0.123 e. The first-order chi connectivity index (χ1) is 8.79. The third kappa shape index (κ3) is 3.97. The van der Waals surface area contributed by atoms with Gasteiger partial charge in [0.2, 0.25) is 0 Å². The highest BCUT2D eigenvalue weighted by atomic mass is 32.2. The van der Waals surface area contributed by atoms with Gasteiger partial charge in [-0.3, -0.25) is 0 Å². The minimum Gasteiger partial charge on any atom is -0.377 e. The number of hydrogen-bond acceptors (Lipinski definition) is 3. The monoisotopic (exact) mass is 269 g/mol. The first kappa shape index (κ1) is 13.8.